The lowest BCUT2D eigenvalue weighted by atomic mass is 9.87. The number of ether oxygens (including phenoxy) is 2. The number of nitrogens with one attached hydrogen (secondary N) is 1. The van der Waals surface area contributed by atoms with E-state index in [9.17, 15) is 4.79 Å². The lowest BCUT2D eigenvalue weighted by Gasteiger charge is -2.39. The van der Waals surface area contributed by atoms with Crippen LogP contribution in [0.4, 0.5) is 10.5 Å². The van der Waals surface area contributed by atoms with Crippen molar-refractivity contribution < 1.29 is 14.3 Å². The highest BCUT2D eigenvalue weighted by molar-refractivity contribution is 5.68. The lowest BCUT2D eigenvalue weighted by molar-refractivity contribution is -0.00886. The van der Waals surface area contributed by atoms with Crippen molar-refractivity contribution in [3.8, 4) is 5.75 Å². The zero-order chi connectivity index (χ0) is 20.5. The van der Waals surface area contributed by atoms with Crippen LogP contribution in [0.15, 0.2) is 48.5 Å². The van der Waals surface area contributed by atoms with Gasteiger partial charge in [0.05, 0.1) is 0 Å². The van der Waals surface area contributed by atoms with Gasteiger partial charge in [-0.25, -0.2) is 4.79 Å². The van der Waals surface area contributed by atoms with Crippen LogP contribution in [0.3, 0.4) is 0 Å². The van der Waals surface area contributed by atoms with E-state index in [2.05, 4.69) is 47.8 Å². The number of anilines is 1. The Labute approximate surface area is 173 Å². The largest absolute Gasteiger partial charge is 0.486 e. The Kier molecular flexibility index (Phi) is 5.15. The molecule has 2 aliphatic heterocycles. The van der Waals surface area contributed by atoms with E-state index >= 15 is 0 Å². The van der Waals surface area contributed by atoms with Crippen molar-refractivity contribution >= 4 is 11.8 Å². The molecule has 1 amide bonds. The molecule has 1 fully saturated rings. The van der Waals surface area contributed by atoms with Crippen molar-refractivity contribution in [3.63, 3.8) is 0 Å². The first kappa shape index (κ1) is 19.6. The van der Waals surface area contributed by atoms with Gasteiger partial charge in [-0.15, -0.1) is 0 Å². The van der Waals surface area contributed by atoms with E-state index in [1.54, 1.807) is 4.90 Å². The molecule has 5 heteroatoms. The molecule has 0 bridgehead atoms. The normalized spacial score (nSPS) is 17.6. The van der Waals surface area contributed by atoms with E-state index in [0.29, 0.717) is 13.1 Å². The summed E-state index contributed by atoms with van der Waals surface area (Å²) in [6, 6.07) is 16.8. The van der Waals surface area contributed by atoms with E-state index in [-0.39, 0.29) is 11.7 Å². The Hall–Kier alpha value is -2.69. The van der Waals surface area contributed by atoms with Crippen LogP contribution in [0, 0.1) is 0 Å². The van der Waals surface area contributed by atoms with Crippen LogP contribution in [0.25, 0.3) is 0 Å². The van der Waals surface area contributed by atoms with Crippen molar-refractivity contribution in [2.45, 2.75) is 57.8 Å². The SMILES string of the molecule is CC(C)(C)OC(=O)N1CCC2(CC1)Cc1ccc(NCc3ccccc3)cc1O2. The second-order valence-corrected chi connectivity index (χ2v) is 9.09. The van der Waals surface area contributed by atoms with Gasteiger partial charge in [0.25, 0.3) is 0 Å². The summed E-state index contributed by atoms with van der Waals surface area (Å²) in [5.41, 5.74) is 2.91. The molecule has 1 spiro atoms. The van der Waals surface area contributed by atoms with E-state index in [1.807, 2.05) is 26.8 Å². The summed E-state index contributed by atoms with van der Waals surface area (Å²) in [6.07, 6.45) is 2.33. The Morgan fingerprint density at radius 3 is 2.55 bits per heavy atom. The molecule has 2 aromatic rings. The number of piperidine rings is 1. The summed E-state index contributed by atoms with van der Waals surface area (Å²) in [7, 11) is 0. The Bertz CT molecular complexity index is 865. The van der Waals surface area contributed by atoms with Gasteiger partial charge in [0.1, 0.15) is 17.0 Å². The maximum Gasteiger partial charge on any atom is 0.410 e. The number of carbonyl (C=O) groups is 1. The topological polar surface area (TPSA) is 50.8 Å². The van der Waals surface area contributed by atoms with Gasteiger partial charge >= 0.3 is 6.09 Å². The van der Waals surface area contributed by atoms with Crippen LogP contribution in [0.5, 0.6) is 5.75 Å². The summed E-state index contributed by atoms with van der Waals surface area (Å²) >= 11 is 0. The highest BCUT2D eigenvalue weighted by Gasteiger charge is 2.43. The number of carbonyl (C=O) groups excluding carboxylic acids is 1. The Balaban J connectivity index is 1.35. The highest BCUT2D eigenvalue weighted by atomic mass is 16.6. The van der Waals surface area contributed by atoms with Gasteiger partial charge in [-0.05, 0) is 38.0 Å². The fourth-order valence-corrected chi connectivity index (χ4v) is 4.02. The highest BCUT2D eigenvalue weighted by Crippen LogP contribution is 2.42. The standard InChI is InChI=1S/C24H30N2O3/c1-23(2,3)29-22(27)26-13-11-24(12-14-26)16-19-9-10-20(15-21(19)28-24)25-17-18-7-5-4-6-8-18/h4-10,15,25H,11-14,16-17H2,1-3H3. The third-order valence-electron chi connectivity index (χ3n) is 5.57. The third kappa shape index (κ3) is 4.66. The predicted octanol–water partition coefficient (Wildman–Crippen LogP) is 5.00. The number of rotatable bonds is 3. The van der Waals surface area contributed by atoms with Gasteiger partial charge in [-0.3, -0.25) is 0 Å². The van der Waals surface area contributed by atoms with Crippen LogP contribution >= 0.6 is 0 Å². The molecule has 0 unspecified atom stereocenters. The number of hydrogen-bond donors (Lipinski definition) is 1. The first-order valence-electron chi connectivity index (χ1n) is 10.4. The van der Waals surface area contributed by atoms with Gasteiger partial charge in [0.15, 0.2) is 0 Å². The summed E-state index contributed by atoms with van der Waals surface area (Å²) < 4.78 is 11.9. The number of benzene rings is 2. The molecule has 1 N–H and O–H groups in total. The molecule has 2 heterocycles. The van der Waals surface area contributed by atoms with E-state index in [0.717, 1.165) is 37.2 Å². The van der Waals surface area contributed by atoms with Crippen LogP contribution in [-0.4, -0.2) is 35.3 Å². The molecule has 0 saturated carbocycles. The van der Waals surface area contributed by atoms with Crippen LogP contribution < -0.4 is 10.1 Å². The maximum atomic E-state index is 12.3. The molecule has 2 aromatic carbocycles. The lowest BCUT2D eigenvalue weighted by Crippen LogP contribution is -2.50. The molecule has 1 saturated heterocycles. The molecule has 5 nitrogen and oxygen atoms in total. The Morgan fingerprint density at radius 1 is 1.14 bits per heavy atom. The summed E-state index contributed by atoms with van der Waals surface area (Å²) in [4.78, 5) is 14.1. The average molecular weight is 395 g/mol. The molecule has 0 atom stereocenters. The predicted molar refractivity (Wildman–Crippen MR) is 114 cm³/mol. The van der Waals surface area contributed by atoms with Gasteiger partial charge in [-0.2, -0.15) is 0 Å². The second kappa shape index (κ2) is 7.62. The number of nitrogens with zero attached hydrogens (tertiary/aromatic N) is 1. The van der Waals surface area contributed by atoms with Gasteiger partial charge < -0.3 is 19.7 Å². The third-order valence-corrected chi connectivity index (χ3v) is 5.57. The Morgan fingerprint density at radius 2 is 1.86 bits per heavy atom. The summed E-state index contributed by atoms with van der Waals surface area (Å²) in [6.45, 7) is 7.82. The minimum atomic E-state index is -0.463. The molecule has 2 aliphatic rings. The molecular formula is C24H30N2O3. The minimum Gasteiger partial charge on any atom is -0.486 e. The fourth-order valence-electron chi connectivity index (χ4n) is 4.02. The fraction of sp³-hybridized carbons (Fsp3) is 0.458. The van der Waals surface area contributed by atoms with E-state index in [4.69, 9.17) is 9.47 Å². The van der Waals surface area contributed by atoms with Crippen LogP contribution in [0.2, 0.25) is 0 Å². The van der Waals surface area contributed by atoms with Crippen molar-refractivity contribution in [3.05, 3.63) is 59.7 Å². The van der Waals surface area contributed by atoms with Crippen molar-refractivity contribution in [2.24, 2.45) is 0 Å². The second-order valence-electron chi connectivity index (χ2n) is 9.09. The quantitative estimate of drug-likeness (QED) is 0.796. The average Bonchev–Trinajstić information content (AvgIpc) is 3.03. The first-order chi connectivity index (χ1) is 13.8. The van der Waals surface area contributed by atoms with Gasteiger partial charge in [0, 0.05) is 50.7 Å². The smallest absolute Gasteiger partial charge is 0.410 e. The van der Waals surface area contributed by atoms with Crippen molar-refractivity contribution in [1.29, 1.82) is 0 Å². The van der Waals surface area contributed by atoms with Crippen LogP contribution in [0.1, 0.15) is 44.7 Å². The molecule has 154 valence electrons. The molecule has 0 radical (unpaired) electrons. The number of fused-ring (bicyclic) bond motifs is 1. The summed E-state index contributed by atoms with van der Waals surface area (Å²) in [5, 5.41) is 3.48. The van der Waals surface area contributed by atoms with Gasteiger partial charge in [-0.1, -0.05) is 36.4 Å². The molecule has 29 heavy (non-hydrogen) atoms. The molecule has 0 aliphatic carbocycles. The summed E-state index contributed by atoms with van der Waals surface area (Å²) in [5.74, 6) is 0.966. The first-order valence-corrected chi connectivity index (χ1v) is 10.4. The zero-order valence-corrected chi connectivity index (χ0v) is 17.5. The number of amides is 1. The molecule has 0 aromatic heterocycles. The number of hydrogen-bond acceptors (Lipinski definition) is 4. The minimum absolute atomic E-state index is 0.196. The van der Waals surface area contributed by atoms with E-state index in [1.165, 1.54) is 11.1 Å². The van der Waals surface area contributed by atoms with E-state index < -0.39 is 5.60 Å². The molecular weight excluding hydrogens is 364 g/mol. The maximum absolute atomic E-state index is 12.3. The number of likely N-dealkylation sites (tertiary alicyclic amines) is 1. The zero-order valence-electron chi connectivity index (χ0n) is 17.5. The van der Waals surface area contributed by atoms with Crippen molar-refractivity contribution in [2.75, 3.05) is 18.4 Å². The molecule has 4 rings (SSSR count). The monoisotopic (exact) mass is 394 g/mol. The van der Waals surface area contributed by atoms with Crippen LogP contribution in [-0.2, 0) is 17.7 Å². The van der Waals surface area contributed by atoms with Gasteiger partial charge in [0.2, 0.25) is 0 Å². The van der Waals surface area contributed by atoms with Crippen molar-refractivity contribution in [1.82, 2.24) is 4.90 Å².